The van der Waals surface area contributed by atoms with E-state index in [1.807, 2.05) is 30.3 Å². The Kier molecular flexibility index (Phi) is 5.91. The van der Waals surface area contributed by atoms with Crippen LogP contribution in [0.5, 0.6) is 5.75 Å². The van der Waals surface area contributed by atoms with Gasteiger partial charge in [0.15, 0.2) is 0 Å². The van der Waals surface area contributed by atoms with Crippen molar-refractivity contribution in [3.63, 3.8) is 0 Å². The van der Waals surface area contributed by atoms with Gasteiger partial charge in [-0.2, -0.15) is 0 Å². The number of fused-ring (bicyclic) bond motifs is 2. The number of carbonyl (C=O) groups is 1. The van der Waals surface area contributed by atoms with E-state index in [0.29, 0.717) is 13.0 Å². The van der Waals surface area contributed by atoms with Crippen molar-refractivity contribution in [2.75, 3.05) is 26.1 Å². The highest BCUT2D eigenvalue weighted by Crippen LogP contribution is 2.33. The Balaban J connectivity index is 2.05. The molecule has 5 heteroatoms. The van der Waals surface area contributed by atoms with E-state index < -0.39 is 0 Å². The van der Waals surface area contributed by atoms with Gasteiger partial charge in [0, 0.05) is 23.7 Å². The van der Waals surface area contributed by atoms with Gasteiger partial charge in [-0.25, -0.2) is 4.98 Å². The van der Waals surface area contributed by atoms with Crippen LogP contribution in [-0.2, 0) is 16.0 Å². The third-order valence-corrected chi connectivity index (χ3v) is 4.54. The molecule has 0 saturated heterocycles. The summed E-state index contributed by atoms with van der Waals surface area (Å²) in [5, 5.41) is 5.51. The second-order valence-electron chi connectivity index (χ2n) is 6.32. The molecule has 1 heterocycles. The van der Waals surface area contributed by atoms with Crippen LogP contribution in [0.2, 0.25) is 0 Å². The molecule has 0 unspecified atom stereocenters. The molecule has 0 fully saturated rings. The molecule has 0 radical (unpaired) electrons. The zero-order chi connectivity index (χ0) is 19.2. The first-order valence-electron chi connectivity index (χ1n) is 8.98. The molecule has 0 amide bonds. The number of aromatic nitrogens is 1. The average molecular weight is 364 g/mol. The highest BCUT2D eigenvalue weighted by molar-refractivity contribution is 6.08. The summed E-state index contributed by atoms with van der Waals surface area (Å²) in [5.74, 6) is 0.614. The summed E-state index contributed by atoms with van der Waals surface area (Å²) in [6.45, 7) is 4.46. The van der Waals surface area contributed by atoms with E-state index in [1.165, 1.54) is 7.11 Å². The maximum absolute atomic E-state index is 11.3. The van der Waals surface area contributed by atoms with E-state index in [-0.39, 0.29) is 5.97 Å². The molecule has 3 aromatic rings. The highest BCUT2D eigenvalue weighted by Gasteiger charge is 2.11. The quantitative estimate of drug-likeness (QED) is 0.362. The minimum Gasteiger partial charge on any atom is -0.497 e. The summed E-state index contributed by atoms with van der Waals surface area (Å²) in [5.41, 5.74) is 4.02. The van der Waals surface area contributed by atoms with E-state index in [0.717, 1.165) is 51.6 Å². The maximum Gasteiger partial charge on any atom is 0.305 e. The van der Waals surface area contributed by atoms with Crippen molar-refractivity contribution in [2.24, 2.45) is 0 Å². The fourth-order valence-electron chi connectivity index (χ4n) is 3.15. The molecular formula is C22H24N2O3. The van der Waals surface area contributed by atoms with E-state index in [4.69, 9.17) is 14.5 Å². The van der Waals surface area contributed by atoms with Gasteiger partial charge in [-0.3, -0.25) is 4.79 Å². The molecule has 140 valence electrons. The Labute approximate surface area is 159 Å². The number of aryl methyl sites for hydroxylation is 1. The van der Waals surface area contributed by atoms with Gasteiger partial charge < -0.3 is 14.8 Å². The second kappa shape index (κ2) is 8.54. The van der Waals surface area contributed by atoms with Crippen LogP contribution in [0.25, 0.3) is 21.8 Å². The Morgan fingerprint density at radius 3 is 2.59 bits per heavy atom. The lowest BCUT2D eigenvalue weighted by molar-refractivity contribution is -0.140. The highest BCUT2D eigenvalue weighted by atomic mass is 16.5. The smallest absolute Gasteiger partial charge is 0.305 e. The van der Waals surface area contributed by atoms with Gasteiger partial charge in [-0.15, -0.1) is 6.58 Å². The SMILES string of the molecule is C=CCNc1c2cc(CCCC(=O)OC)ccc2nc2ccc(OC)cc12. The molecule has 0 spiro atoms. The number of ether oxygens (including phenoxy) is 2. The lowest BCUT2D eigenvalue weighted by atomic mass is 10.0. The molecule has 1 N–H and O–H groups in total. The van der Waals surface area contributed by atoms with Gasteiger partial charge in [0.05, 0.1) is 30.9 Å². The van der Waals surface area contributed by atoms with Crippen molar-refractivity contribution in [1.29, 1.82) is 0 Å². The predicted molar refractivity (Wildman–Crippen MR) is 109 cm³/mol. The molecule has 0 saturated carbocycles. The molecule has 0 bridgehead atoms. The third-order valence-electron chi connectivity index (χ3n) is 4.54. The topological polar surface area (TPSA) is 60.5 Å². The van der Waals surface area contributed by atoms with Crippen LogP contribution in [0, 0.1) is 0 Å². The number of carbonyl (C=O) groups excluding carboxylic acids is 1. The third kappa shape index (κ3) is 4.19. The predicted octanol–water partition coefficient (Wildman–Crippen LogP) is 4.49. The molecule has 5 nitrogen and oxygen atoms in total. The van der Waals surface area contributed by atoms with Gasteiger partial charge in [0.2, 0.25) is 0 Å². The van der Waals surface area contributed by atoms with Crippen molar-refractivity contribution in [3.8, 4) is 5.75 Å². The number of hydrogen-bond acceptors (Lipinski definition) is 5. The van der Waals surface area contributed by atoms with Crippen LogP contribution in [0.15, 0.2) is 49.1 Å². The summed E-state index contributed by atoms with van der Waals surface area (Å²) in [4.78, 5) is 16.1. The summed E-state index contributed by atoms with van der Waals surface area (Å²) >= 11 is 0. The minimum absolute atomic E-state index is 0.177. The monoisotopic (exact) mass is 364 g/mol. The number of pyridine rings is 1. The lowest BCUT2D eigenvalue weighted by Crippen LogP contribution is -2.02. The normalized spacial score (nSPS) is 10.7. The summed E-state index contributed by atoms with van der Waals surface area (Å²) in [7, 11) is 3.08. The Hall–Kier alpha value is -3.08. The fourth-order valence-corrected chi connectivity index (χ4v) is 3.15. The van der Waals surface area contributed by atoms with Crippen molar-refractivity contribution in [3.05, 3.63) is 54.6 Å². The molecule has 0 atom stereocenters. The van der Waals surface area contributed by atoms with E-state index in [2.05, 4.69) is 24.0 Å². The average Bonchev–Trinajstić information content (AvgIpc) is 2.70. The summed E-state index contributed by atoms with van der Waals surface area (Å²) in [6, 6.07) is 12.1. The number of nitrogens with one attached hydrogen (secondary N) is 1. The maximum atomic E-state index is 11.3. The second-order valence-corrected chi connectivity index (χ2v) is 6.32. The number of rotatable bonds is 8. The molecule has 0 aliphatic carbocycles. The van der Waals surface area contributed by atoms with Gasteiger partial charge >= 0.3 is 5.97 Å². The van der Waals surface area contributed by atoms with E-state index >= 15 is 0 Å². The summed E-state index contributed by atoms with van der Waals surface area (Å²) < 4.78 is 10.1. The van der Waals surface area contributed by atoms with Crippen molar-refractivity contribution in [2.45, 2.75) is 19.3 Å². The number of benzene rings is 2. The van der Waals surface area contributed by atoms with Gasteiger partial charge in [-0.1, -0.05) is 12.1 Å². The Bertz CT molecular complexity index is 982. The number of methoxy groups -OCH3 is 2. The summed E-state index contributed by atoms with van der Waals surface area (Å²) in [6.07, 6.45) is 3.81. The van der Waals surface area contributed by atoms with E-state index in [9.17, 15) is 4.79 Å². The first kappa shape index (κ1) is 18.7. The molecule has 2 aromatic carbocycles. The first-order valence-corrected chi connectivity index (χ1v) is 8.98. The molecular weight excluding hydrogens is 340 g/mol. The fraction of sp³-hybridized carbons (Fsp3) is 0.273. The standard InChI is InChI=1S/C22H24N2O3/c1-4-12-23-22-17-13-15(6-5-7-21(25)27-3)8-10-19(17)24-20-11-9-16(26-2)14-18(20)22/h4,8-11,13-14H,1,5-7,12H2,2-3H3,(H,23,24). The lowest BCUT2D eigenvalue weighted by Gasteiger charge is -2.14. The van der Waals surface area contributed by atoms with Gasteiger partial charge in [0.1, 0.15) is 5.75 Å². The van der Waals surface area contributed by atoms with Crippen LogP contribution < -0.4 is 10.1 Å². The van der Waals surface area contributed by atoms with Crippen LogP contribution in [0.1, 0.15) is 18.4 Å². The first-order chi connectivity index (χ1) is 13.2. The zero-order valence-corrected chi connectivity index (χ0v) is 15.7. The van der Waals surface area contributed by atoms with Gasteiger partial charge in [-0.05, 0) is 48.7 Å². The molecule has 0 aliphatic rings. The number of esters is 1. The van der Waals surface area contributed by atoms with Crippen molar-refractivity contribution < 1.29 is 14.3 Å². The molecule has 1 aromatic heterocycles. The van der Waals surface area contributed by atoms with Crippen LogP contribution >= 0.6 is 0 Å². The number of anilines is 1. The van der Waals surface area contributed by atoms with Gasteiger partial charge in [0.25, 0.3) is 0 Å². The molecule has 0 aliphatic heterocycles. The zero-order valence-electron chi connectivity index (χ0n) is 15.7. The Morgan fingerprint density at radius 2 is 1.89 bits per heavy atom. The molecule has 27 heavy (non-hydrogen) atoms. The van der Waals surface area contributed by atoms with Crippen LogP contribution in [-0.4, -0.2) is 31.7 Å². The van der Waals surface area contributed by atoms with E-state index in [1.54, 1.807) is 7.11 Å². The van der Waals surface area contributed by atoms with Crippen molar-refractivity contribution in [1.82, 2.24) is 4.98 Å². The van der Waals surface area contributed by atoms with Crippen molar-refractivity contribution >= 4 is 33.5 Å². The number of nitrogens with zero attached hydrogens (tertiary/aromatic N) is 1. The Morgan fingerprint density at radius 1 is 1.15 bits per heavy atom. The molecule has 3 rings (SSSR count). The van der Waals surface area contributed by atoms with Crippen LogP contribution in [0.3, 0.4) is 0 Å². The minimum atomic E-state index is -0.177. The van der Waals surface area contributed by atoms with Crippen LogP contribution in [0.4, 0.5) is 5.69 Å². The largest absolute Gasteiger partial charge is 0.497 e. The number of hydrogen-bond donors (Lipinski definition) is 1.